The molecule has 80 heavy (non-hydrogen) atoms. The van der Waals surface area contributed by atoms with Gasteiger partial charge in [0.2, 0.25) is 6.71 Å². The van der Waals surface area contributed by atoms with Gasteiger partial charge in [0.1, 0.15) is 11.2 Å². The largest absolute Gasteiger partial charge is 0.456 e. The fourth-order valence-corrected chi connectivity index (χ4v) is 15.0. The second-order valence-electron chi connectivity index (χ2n) is 26.8. The molecule has 5 heterocycles. The van der Waals surface area contributed by atoms with Gasteiger partial charge in [-0.05, 0) is 140 Å². The molecule has 0 saturated carbocycles. The Hall–Kier alpha value is -7.58. The molecule has 1 aliphatic rings. The number of aromatic nitrogens is 1. The lowest BCUT2D eigenvalue weighted by Crippen LogP contribution is -2.44. The van der Waals surface area contributed by atoms with E-state index < -0.39 is 0 Å². The highest BCUT2D eigenvalue weighted by atomic mass is 32.1. The lowest BCUT2D eigenvalue weighted by molar-refractivity contribution is 0.590. The topological polar surface area (TPSA) is 33.3 Å². The first-order valence-corrected chi connectivity index (χ1v) is 30.1. The molecule has 0 saturated heterocycles. The number of furan rings is 1. The number of hydrogen-bond donors (Lipinski definition) is 1. The molecule has 0 radical (unpaired) electrons. The molecule has 14 rings (SSSR count). The molecule has 0 fully saturated rings. The van der Waals surface area contributed by atoms with Crippen molar-refractivity contribution < 1.29 is 4.42 Å². The number of hydrogen-bond acceptors (Lipinski definition) is 5. The summed E-state index contributed by atoms with van der Waals surface area (Å²) >= 11 is 3.87. The van der Waals surface area contributed by atoms with E-state index in [1.54, 1.807) is 0 Å². The molecule has 0 bridgehead atoms. The summed E-state index contributed by atoms with van der Waals surface area (Å²) in [7, 11) is 0. The van der Waals surface area contributed by atoms with Gasteiger partial charge in [-0.1, -0.05) is 163 Å². The maximum Gasteiger partial charge on any atom is 0.225 e. The summed E-state index contributed by atoms with van der Waals surface area (Å²) in [5.74, 6) is 0. The van der Waals surface area contributed by atoms with E-state index in [0.29, 0.717) is 0 Å². The van der Waals surface area contributed by atoms with Crippen LogP contribution in [0.3, 0.4) is 0 Å². The van der Waals surface area contributed by atoms with Crippen molar-refractivity contribution in [1.29, 1.82) is 0 Å². The zero-order valence-electron chi connectivity index (χ0n) is 48.4. The van der Waals surface area contributed by atoms with Gasteiger partial charge in [0.15, 0.2) is 0 Å². The first-order chi connectivity index (χ1) is 38.1. The Kier molecular flexibility index (Phi) is 11.2. The van der Waals surface area contributed by atoms with Crippen LogP contribution in [0.15, 0.2) is 174 Å². The zero-order chi connectivity index (χ0) is 55.5. The second kappa shape index (κ2) is 17.7. The Morgan fingerprint density at radius 2 is 1.01 bits per heavy atom. The number of benzene rings is 9. The van der Waals surface area contributed by atoms with Gasteiger partial charge in [0.25, 0.3) is 0 Å². The van der Waals surface area contributed by atoms with Crippen molar-refractivity contribution in [2.75, 3.05) is 10.2 Å². The average Bonchev–Trinajstić information content (AvgIpc) is 4.38. The summed E-state index contributed by atoms with van der Waals surface area (Å²) in [5.41, 5.74) is 20.0. The smallest absolute Gasteiger partial charge is 0.225 e. The third-order valence-electron chi connectivity index (χ3n) is 17.2. The average molecular weight is 1080 g/mol. The fraction of sp³-hybridized carbons (Fsp3) is 0.233. The Labute approximate surface area is 478 Å². The van der Waals surface area contributed by atoms with Crippen molar-refractivity contribution in [1.82, 2.24) is 4.57 Å². The molecule has 0 atom stereocenters. The molecule has 0 aliphatic carbocycles. The molecule has 7 heteroatoms. The van der Waals surface area contributed by atoms with Gasteiger partial charge in [-0.15, -0.1) is 22.7 Å². The summed E-state index contributed by atoms with van der Waals surface area (Å²) in [6.07, 6.45) is 0. The maximum absolute atomic E-state index is 7.10. The van der Waals surface area contributed by atoms with Crippen LogP contribution in [0.2, 0.25) is 6.82 Å². The van der Waals surface area contributed by atoms with Gasteiger partial charge in [0, 0.05) is 103 Å². The summed E-state index contributed by atoms with van der Waals surface area (Å²) in [6.45, 7) is 30.0. The van der Waals surface area contributed by atoms with E-state index >= 15 is 0 Å². The highest BCUT2D eigenvalue weighted by molar-refractivity contribution is 7.31. The van der Waals surface area contributed by atoms with Gasteiger partial charge >= 0.3 is 0 Å². The zero-order valence-corrected chi connectivity index (χ0v) is 50.0. The van der Waals surface area contributed by atoms with E-state index in [1.165, 1.54) is 95.8 Å². The third-order valence-corrected chi connectivity index (χ3v) is 19.7. The minimum Gasteiger partial charge on any atom is -0.456 e. The number of nitrogens with zero attached hydrogens (tertiary/aromatic N) is 2. The van der Waals surface area contributed by atoms with E-state index in [-0.39, 0.29) is 28.4 Å². The molecule has 0 spiro atoms. The van der Waals surface area contributed by atoms with Gasteiger partial charge < -0.3 is 19.2 Å². The lowest BCUT2D eigenvalue weighted by Gasteiger charge is -2.28. The molecular formula is C73H68BN3OS2. The molecule has 0 unspecified atom stereocenters. The van der Waals surface area contributed by atoms with Gasteiger partial charge in [-0.25, -0.2) is 0 Å². The van der Waals surface area contributed by atoms with Crippen LogP contribution in [-0.2, 0) is 21.7 Å². The van der Waals surface area contributed by atoms with Crippen LogP contribution in [-0.4, -0.2) is 11.3 Å². The number of anilines is 5. The van der Waals surface area contributed by atoms with Crippen molar-refractivity contribution in [3.8, 4) is 16.8 Å². The van der Waals surface area contributed by atoms with Crippen LogP contribution in [0, 0.1) is 0 Å². The minimum atomic E-state index is 0.00966. The van der Waals surface area contributed by atoms with Gasteiger partial charge in [-0.3, -0.25) is 0 Å². The van der Waals surface area contributed by atoms with Crippen molar-refractivity contribution in [2.45, 2.75) is 112 Å². The van der Waals surface area contributed by atoms with E-state index in [2.05, 4.69) is 275 Å². The standard InChI is InChI=1S/C73H68BN3OS2/c1-70(2,3)42-18-25-46(26-19-42)75-59-40-62-56(50-32-31-49(37-61(50)78-62)76(47-27-20-43(21-28-47)71(4,5)6)48-29-22-44(23-30-48)72(7,8)9)38-54(59)52-33-34-53-55-39-57-51-16-14-15-17-63(51)79-65(57)41-60(55)77-67(53)66(52)74(13)69-68(77)58-36-45(73(10,11)12)24-35-64(58)80-69/h14-41,75H,1-13H3. The SMILES string of the molecule is CB1c2sc3ccc(C(C)(C)C)cc3c2-n2c3cc4sc5ccccc5c4cc3c3ccc(-c4cc5c(cc4Nc4ccc(C(C)(C)C)cc4)oc4cc(N(c6ccc(C(C)(C)C)cc6)c6ccc(C(C)(C)C)cc6)ccc45)c1c32. The quantitative estimate of drug-likeness (QED) is 0.169. The molecule has 9 aromatic carbocycles. The van der Waals surface area contributed by atoms with Crippen LogP contribution in [0.1, 0.15) is 105 Å². The minimum absolute atomic E-state index is 0.00966. The third kappa shape index (κ3) is 8.12. The Bertz CT molecular complexity index is 4600. The monoisotopic (exact) mass is 1080 g/mol. The van der Waals surface area contributed by atoms with E-state index in [4.69, 9.17) is 4.42 Å². The van der Waals surface area contributed by atoms with Crippen LogP contribution in [0.4, 0.5) is 28.4 Å². The Morgan fingerprint density at radius 1 is 0.438 bits per heavy atom. The molecule has 4 nitrogen and oxygen atoms in total. The first-order valence-electron chi connectivity index (χ1n) is 28.5. The Balaban J connectivity index is 1.00. The van der Waals surface area contributed by atoms with Crippen LogP contribution in [0.5, 0.6) is 0 Å². The van der Waals surface area contributed by atoms with Crippen molar-refractivity contribution in [3.63, 3.8) is 0 Å². The predicted octanol–water partition coefficient (Wildman–Crippen LogP) is 20.9. The number of thiophene rings is 2. The fourth-order valence-electron chi connectivity index (χ4n) is 12.6. The highest BCUT2D eigenvalue weighted by Gasteiger charge is 2.36. The van der Waals surface area contributed by atoms with Gasteiger partial charge in [0.05, 0.1) is 16.9 Å². The molecule has 4 aromatic heterocycles. The summed E-state index contributed by atoms with van der Waals surface area (Å²) < 4.78 is 15.1. The molecule has 1 N–H and O–H groups in total. The summed E-state index contributed by atoms with van der Waals surface area (Å²) in [6, 6.07) is 64.5. The van der Waals surface area contributed by atoms with Crippen molar-refractivity contribution in [3.05, 3.63) is 192 Å². The lowest BCUT2D eigenvalue weighted by atomic mass is 9.43. The van der Waals surface area contributed by atoms with Crippen LogP contribution in [0.25, 0.3) is 90.8 Å². The molecule has 0 amide bonds. The van der Waals surface area contributed by atoms with Crippen molar-refractivity contribution >= 4 is 142 Å². The van der Waals surface area contributed by atoms with Crippen LogP contribution < -0.4 is 20.5 Å². The summed E-state index contributed by atoms with van der Waals surface area (Å²) in [5, 5.41) is 12.7. The molecule has 13 aromatic rings. The highest BCUT2D eigenvalue weighted by Crippen LogP contribution is 2.48. The first kappa shape index (κ1) is 50.6. The van der Waals surface area contributed by atoms with Crippen LogP contribution >= 0.6 is 22.7 Å². The molecular weight excluding hydrogens is 1010 g/mol. The van der Waals surface area contributed by atoms with E-state index in [0.717, 1.165) is 55.9 Å². The maximum atomic E-state index is 7.10. The Morgan fingerprint density at radius 3 is 1.66 bits per heavy atom. The van der Waals surface area contributed by atoms with Gasteiger partial charge in [-0.2, -0.15) is 0 Å². The number of nitrogens with one attached hydrogen (secondary N) is 1. The normalized spacial score (nSPS) is 13.3. The van der Waals surface area contributed by atoms with E-state index in [1.807, 2.05) is 22.7 Å². The second-order valence-corrected chi connectivity index (χ2v) is 28.9. The number of rotatable bonds is 6. The molecule has 396 valence electrons. The summed E-state index contributed by atoms with van der Waals surface area (Å²) in [4.78, 5) is 2.37. The van der Waals surface area contributed by atoms with E-state index in [9.17, 15) is 0 Å². The van der Waals surface area contributed by atoms with Crippen molar-refractivity contribution in [2.24, 2.45) is 0 Å². The number of fused-ring (bicyclic) bond motifs is 13. The predicted molar refractivity (Wildman–Crippen MR) is 352 cm³/mol. The molecule has 1 aliphatic heterocycles.